The van der Waals surface area contributed by atoms with Gasteiger partial charge >= 0.3 is 5.97 Å². The second-order valence-corrected chi connectivity index (χ2v) is 5.01. The van der Waals surface area contributed by atoms with Crippen molar-refractivity contribution in [2.75, 3.05) is 11.9 Å². The number of anilines is 1. The lowest BCUT2D eigenvalue weighted by Gasteiger charge is -2.17. The van der Waals surface area contributed by atoms with E-state index in [0.717, 1.165) is 18.7 Å². The molecule has 21 heavy (non-hydrogen) atoms. The third kappa shape index (κ3) is 2.49. The topological polar surface area (TPSA) is 99.2 Å². The summed E-state index contributed by atoms with van der Waals surface area (Å²) in [6.07, 6.45) is 2.11. The quantitative estimate of drug-likeness (QED) is 0.890. The van der Waals surface area contributed by atoms with Crippen LogP contribution in [0, 0.1) is 0 Å². The van der Waals surface area contributed by atoms with Crippen LogP contribution in [0.15, 0.2) is 24.3 Å². The van der Waals surface area contributed by atoms with Crippen molar-refractivity contribution < 1.29 is 14.7 Å². The zero-order valence-corrected chi connectivity index (χ0v) is 11.4. The molecule has 2 aromatic rings. The van der Waals surface area contributed by atoms with Gasteiger partial charge in [0.25, 0.3) is 5.91 Å². The highest BCUT2D eigenvalue weighted by atomic mass is 16.4. The molecule has 1 aliphatic carbocycles. The average molecular weight is 286 g/mol. The van der Waals surface area contributed by atoms with Crippen molar-refractivity contribution in [2.24, 2.45) is 0 Å². The summed E-state index contributed by atoms with van der Waals surface area (Å²) in [5, 5.41) is 15.9. The summed E-state index contributed by atoms with van der Waals surface area (Å²) >= 11 is 0. The number of aromatic carboxylic acids is 1. The molecule has 0 bridgehead atoms. The molecule has 1 aromatic heterocycles. The van der Waals surface area contributed by atoms with Crippen molar-refractivity contribution >= 4 is 17.6 Å². The molecule has 1 aromatic carbocycles. The minimum atomic E-state index is -1.08. The predicted molar refractivity (Wildman–Crippen MR) is 74.5 cm³/mol. The Labute approximate surface area is 120 Å². The maximum atomic E-state index is 12.4. The number of carboxylic acid groups (broad SMARTS) is 1. The Morgan fingerprint density at radius 1 is 1.33 bits per heavy atom. The number of hydrogen-bond acceptors (Lipinski definition) is 4. The Morgan fingerprint density at radius 2 is 2.05 bits per heavy atom. The summed E-state index contributed by atoms with van der Waals surface area (Å²) in [4.78, 5) is 29.0. The summed E-state index contributed by atoms with van der Waals surface area (Å²) < 4.78 is 0. The van der Waals surface area contributed by atoms with Crippen LogP contribution in [-0.2, 0) is 0 Å². The number of para-hydroxylation sites is 1. The first-order chi connectivity index (χ1) is 10.1. The predicted octanol–water partition coefficient (Wildman–Crippen LogP) is 1.66. The zero-order valence-electron chi connectivity index (χ0n) is 11.4. The summed E-state index contributed by atoms with van der Waals surface area (Å²) in [6, 6.07) is 6.33. The van der Waals surface area contributed by atoms with Gasteiger partial charge in [0.1, 0.15) is 5.82 Å². The molecule has 0 atom stereocenters. The number of aromatic amines is 1. The normalized spacial score (nSPS) is 14.0. The van der Waals surface area contributed by atoms with E-state index in [0.29, 0.717) is 11.6 Å². The Bertz CT molecular complexity index is 706. The van der Waals surface area contributed by atoms with E-state index >= 15 is 0 Å². The van der Waals surface area contributed by atoms with Crippen molar-refractivity contribution in [3.8, 4) is 0 Å². The number of carbonyl (C=O) groups excluding carboxylic acids is 1. The molecule has 1 amide bonds. The number of amides is 1. The number of benzene rings is 1. The first-order valence-electron chi connectivity index (χ1n) is 6.60. The first kappa shape index (κ1) is 13.3. The Hall–Kier alpha value is -2.70. The number of carboxylic acids is 1. The maximum Gasteiger partial charge on any atom is 0.337 e. The summed E-state index contributed by atoms with van der Waals surface area (Å²) in [5.41, 5.74) is 0.374. The first-order valence-corrected chi connectivity index (χ1v) is 6.60. The van der Waals surface area contributed by atoms with Crippen LogP contribution >= 0.6 is 0 Å². The lowest BCUT2D eigenvalue weighted by Crippen LogP contribution is -2.28. The Balaban J connectivity index is 1.88. The van der Waals surface area contributed by atoms with Crippen LogP contribution in [0.5, 0.6) is 0 Å². The van der Waals surface area contributed by atoms with Gasteiger partial charge in [-0.15, -0.1) is 5.10 Å². The molecule has 1 heterocycles. The molecule has 1 saturated carbocycles. The van der Waals surface area contributed by atoms with Crippen LogP contribution in [0.2, 0.25) is 0 Å². The van der Waals surface area contributed by atoms with Gasteiger partial charge in [-0.1, -0.05) is 12.1 Å². The molecule has 0 unspecified atom stereocenters. The second-order valence-electron chi connectivity index (χ2n) is 5.01. The van der Waals surface area contributed by atoms with Gasteiger partial charge in [0.2, 0.25) is 5.82 Å². The molecule has 2 N–H and O–H groups in total. The highest BCUT2D eigenvalue weighted by Gasteiger charge is 2.29. The smallest absolute Gasteiger partial charge is 0.337 e. The molecule has 0 radical (unpaired) electrons. The van der Waals surface area contributed by atoms with Gasteiger partial charge in [-0.2, -0.15) is 0 Å². The van der Waals surface area contributed by atoms with E-state index in [4.69, 9.17) is 0 Å². The molecule has 3 rings (SSSR count). The average Bonchev–Trinajstić information content (AvgIpc) is 3.23. The number of aromatic nitrogens is 3. The highest BCUT2D eigenvalue weighted by Crippen LogP contribution is 2.37. The number of nitrogens with one attached hydrogen (secondary N) is 1. The van der Waals surface area contributed by atoms with Gasteiger partial charge in [0.15, 0.2) is 0 Å². The molecule has 1 fully saturated rings. The van der Waals surface area contributed by atoms with Gasteiger partial charge in [0.05, 0.1) is 11.3 Å². The molecule has 0 aliphatic heterocycles. The van der Waals surface area contributed by atoms with Gasteiger partial charge in [-0.25, -0.2) is 9.78 Å². The van der Waals surface area contributed by atoms with Crippen molar-refractivity contribution in [3.05, 3.63) is 41.5 Å². The Kier molecular flexibility index (Phi) is 3.17. The fraction of sp³-hybridized carbons (Fsp3) is 0.286. The van der Waals surface area contributed by atoms with Crippen LogP contribution in [-0.4, -0.2) is 39.2 Å². The van der Waals surface area contributed by atoms with Gasteiger partial charge in [0, 0.05) is 13.0 Å². The van der Waals surface area contributed by atoms with Crippen molar-refractivity contribution in [1.82, 2.24) is 15.2 Å². The SMILES string of the molecule is CN(C(=O)c1n[nH]c(C2CC2)n1)c1ccccc1C(=O)O. The number of rotatable bonds is 4. The molecule has 7 nitrogen and oxygen atoms in total. The minimum Gasteiger partial charge on any atom is -0.478 e. The molecule has 108 valence electrons. The molecular weight excluding hydrogens is 272 g/mol. The summed E-state index contributed by atoms with van der Waals surface area (Å²) in [7, 11) is 1.51. The number of H-pyrrole nitrogens is 1. The van der Waals surface area contributed by atoms with E-state index in [1.54, 1.807) is 18.2 Å². The molecular formula is C14H14N4O3. The monoisotopic (exact) mass is 286 g/mol. The molecule has 7 heteroatoms. The third-order valence-corrected chi connectivity index (χ3v) is 3.46. The van der Waals surface area contributed by atoms with Gasteiger partial charge < -0.3 is 10.0 Å². The van der Waals surface area contributed by atoms with Crippen LogP contribution < -0.4 is 4.90 Å². The van der Waals surface area contributed by atoms with Crippen molar-refractivity contribution in [1.29, 1.82) is 0 Å². The van der Waals surface area contributed by atoms with Crippen LogP contribution in [0.3, 0.4) is 0 Å². The van der Waals surface area contributed by atoms with Gasteiger partial charge in [-0.3, -0.25) is 9.89 Å². The maximum absolute atomic E-state index is 12.4. The van der Waals surface area contributed by atoms with Crippen molar-refractivity contribution in [3.63, 3.8) is 0 Å². The fourth-order valence-electron chi connectivity index (χ4n) is 2.12. The van der Waals surface area contributed by atoms with Crippen LogP contribution in [0.25, 0.3) is 0 Å². The van der Waals surface area contributed by atoms with Crippen LogP contribution in [0.4, 0.5) is 5.69 Å². The second kappa shape index (κ2) is 5.01. The van der Waals surface area contributed by atoms with E-state index in [1.165, 1.54) is 18.0 Å². The summed E-state index contributed by atoms with van der Waals surface area (Å²) in [5.74, 6) is -0.376. The zero-order chi connectivity index (χ0) is 15.0. The van der Waals surface area contributed by atoms with Gasteiger partial charge in [-0.05, 0) is 25.0 Å². The minimum absolute atomic E-state index is 0.0552. The standard InChI is InChI=1S/C14H14N4O3/c1-18(10-5-3-2-4-9(10)14(20)21)13(19)12-15-11(16-17-12)8-6-7-8/h2-5,8H,6-7H2,1H3,(H,20,21)(H,15,16,17). The number of hydrogen-bond donors (Lipinski definition) is 2. The van der Waals surface area contributed by atoms with E-state index in [2.05, 4.69) is 15.2 Å². The van der Waals surface area contributed by atoms with E-state index in [9.17, 15) is 14.7 Å². The lowest BCUT2D eigenvalue weighted by molar-refractivity contribution is 0.0697. The van der Waals surface area contributed by atoms with E-state index in [-0.39, 0.29) is 11.4 Å². The number of nitrogens with zero attached hydrogens (tertiary/aromatic N) is 3. The van der Waals surface area contributed by atoms with E-state index < -0.39 is 11.9 Å². The van der Waals surface area contributed by atoms with Crippen molar-refractivity contribution in [2.45, 2.75) is 18.8 Å². The van der Waals surface area contributed by atoms with Crippen LogP contribution in [0.1, 0.15) is 45.6 Å². The highest BCUT2D eigenvalue weighted by molar-refractivity contribution is 6.07. The molecule has 0 spiro atoms. The fourth-order valence-corrected chi connectivity index (χ4v) is 2.12. The Morgan fingerprint density at radius 3 is 2.71 bits per heavy atom. The number of carbonyl (C=O) groups is 2. The molecule has 1 aliphatic rings. The molecule has 0 saturated heterocycles. The third-order valence-electron chi connectivity index (χ3n) is 3.46. The lowest BCUT2D eigenvalue weighted by atomic mass is 10.1. The van der Waals surface area contributed by atoms with E-state index in [1.807, 2.05) is 0 Å². The summed E-state index contributed by atoms with van der Waals surface area (Å²) in [6.45, 7) is 0. The largest absolute Gasteiger partial charge is 0.478 e.